The number of nitrogens with zero attached hydrogens (tertiary/aromatic N) is 3. The fourth-order valence-corrected chi connectivity index (χ4v) is 4.93. The third-order valence-electron chi connectivity index (χ3n) is 5.38. The van der Waals surface area contributed by atoms with Crippen molar-refractivity contribution in [1.82, 2.24) is 14.7 Å². The van der Waals surface area contributed by atoms with E-state index < -0.39 is 0 Å². The first-order valence-electron chi connectivity index (χ1n) is 9.94. The van der Waals surface area contributed by atoms with Gasteiger partial charge in [-0.05, 0) is 51.0 Å². The van der Waals surface area contributed by atoms with Crippen molar-refractivity contribution in [3.63, 3.8) is 0 Å². The van der Waals surface area contributed by atoms with Crippen LogP contribution in [0.3, 0.4) is 0 Å². The Morgan fingerprint density at radius 1 is 1.32 bits per heavy atom. The van der Waals surface area contributed by atoms with E-state index >= 15 is 0 Å². The molecule has 0 bridgehead atoms. The summed E-state index contributed by atoms with van der Waals surface area (Å²) in [7, 11) is 0. The number of carbonyl (C=O) groups excluding carboxylic acids is 2. The second-order valence-corrected chi connectivity index (χ2v) is 8.20. The molecule has 0 radical (unpaired) electrons. The summed E-state index contributed by atoms with van der Waals surface area (Å²) in [4.78, 5) is 27.7. The van der Waals surface area contributed by atoms with Gasteiger partial charge in [-0.15, -0.1) is 11.3 Å². The summed E-state index contributed by atoms with van der Waals surface area (Å²) in [5.41, 5.74) is 2.87. The van der Waals surface area contributed by atoms with Gasteiger partial charge >= 0.3 is 5.97 Å². The summed E-state index contributed by atoms with van der Waals surface area (Å²) in [5.74, 6) is 0.338. The van der Waals surface area contributed by atoms with E-state index in [9.17, 15) is 9.59 Å². The number of allylic oxidation sites excluding steroid dienone is 2. The van der Waals surface area contributed by atoms with Gasteiger partial charge in [0.15, 0.2) is 0 Å². The second-order valence-electron chi connectivity index (χ2n) is 7.29. The van der Waals surface area contributed by atoms with Crippen LogP contribution in [0.4, 0.5) is 0 Å². The molecule has 6 nitrogen and oxygen atoms in total. The SMILES string of the molecule is CCOC(=O)Cn1cc(-c2cc(C(=O)N3CCCC4CCCC=C43)cs2)cn1. The molecule has 0 N–H and O–H groups in total. The normalized spacial score (nSPS) is 19.1. The highest BCUT2D eigenvalue weighted by atomic mass is 32.1. The number of rotatable bonds is 5. The van der Waals surface area contributed by atoms with Crippen LogP contribution in [0.2, 0.25) is 0 Å². The van der Waals surface area contributed by atoms with Crippen molar-refractivity contribution in [2.24, 2.45) is 5.92 Å². The van der Waals surface area contributed by atoms with E-state index in [1.54, 1.807) is 17.8 Å². The lowest BCUT2D eigenvalue weighted by atomic mass is 9.84. The lowest BCUT2D eigenvalue weighted by molar-refractivity contribution is -0.144. The van der Waals surface area contributed by atoms with Crippen molar-refractivity contribution in [2.75, 3.05) is 13.2 Å². The topological polar surface area (TPSA) is 64.4 Å². The minimum Gasteiger partial charge on any atom is -0.465 e. The maximum absolute atomic E-state index is 13.1. The fraction of sp³-hybridized carbons (Fsp3) is 0.476. The molecule has 1 amide bonds. The number of amides is 1. The molecule has 0 aromatic carbocycles. The number of thiophene rings is 1. The van der Waals surface area contributed by atoms with Crippen LogP contribution in [0.1, 0.15) is 49.4 Å². The molecule has 2 aromatic rings. The Morgan fingerprint density at radius 3 is 3.04 bits per heavy atom. The molecule has 1 aliphatic heterocycles. The monoisotopic (exact) mass is 399 g/mol. The van der Waals surface area contributed by atoms with Crippen molar-refractivity contribution in [1.29, 1.82) is 0 Å². The van der Waals surface area contributed by atoms with Crippen LogP contribution in [0, 0.1) is 5.92 Å². The van der Waals surface area contributed by atoms with Gasteiger partial charge in [0.1, 0.15) is 6.54 Å². The number of hydrogen-bond acceptors (Lipinski definition) is 5. The Bertz CT molecular complexity index is 898. The van der Waals surface area contributed by atoms with Gasteiger partial charge in [-0.3, -0.25) is 14.3 Å². The maximum Gasteiger partial charge on any atom is 0.327 e. The Hall–Kier alpha value is -2.41. The number of likely N-dealkylation sites (tertiary alicyclic amines) is 1. The molecule has 3 heterocycles. The van der Waals surface area contributed by atoms with Crippen LogP contribution in [-0.4, -0.2) is 39.7 Å². The minimum absolute atomic E-state index is 0.0916. The third kappa shape index (κ3) is 3.90. The van der Waals surface area contributed by atoms with E-state index in [-0.39, 0.29) is 18.4 Å². The van der Waals surface area contributed by atoms with Gasteiger partial charge in [-0.25, -0.2) is 0 Å². The molecular weight excluding hydrogens is 374 g/mol. The van der Waals surface area contributed by atoms with Crippen LogP contribution in [0.25, 0.3) is 10.4 Å². The minimum atomic E-state index is -0.306. The fourth-order valence-electron chi connectivity index (χ4n) is 4.07. The van der Waals surface area contributed by atoms with E-state index in [1.807, 2.05) is 22.5 Å². The largest absolute Gasteiger partial charge is 0.465 e. The van der Waals surface area contributed by atoms with Gasteiger partial charge in [-0.2, -0.15) is 5.10 Å². The second kappa shape index (κ2) is 8.31. The summed E-state index contributed by atoms with van der Waals surface area (Å²) < 4.78 is 6.52. The lowest BCUT2D eigenvalue weighted by Crippen LogP contribution is -2.38. The van der Waals surface area contributed by atoms with E-state index in [1.165, 1.54) is 36.3 Å². The van der Waals surface area contributed by atoms with E-state index in [0.29, 0.717) is 12.5 Å². The predicted molar refractivity (Wildman–Crippen MR) is 108 cm³/mol. The molecule has 7 heteroatoms. The molecule has 4 rings (SSSR count). The smallest absolute Gasteiger partial charge is 0.327 e. The molecule has 0 spiro atoms. The first-order chi connectivity index (χ1) is 13.7. The lowest BCUT2D eigenvalue weighted by Gasteiger charge is -2.37. The van der Waals surface area contributed by atoms with Gasteiger partial charge < -0.3 is 9.64 Å². The van der Waals surface area contributed by atoms with Crippen LogP contribution in [0.5, 0.6) is 0 Å². The van der Waals surface area contributed by atoms with Gasteiger partial charge in [0, 0.05) is 34.3 Å². The predicted octanol–water partition coefficient (Wildman–Crippen LogP) is 4.09. The molecule has 1 fully saturated rings. The number of esters is 1. The van der Waals surface area contributed by atoms with Gasteiger partial charge in [0.25, 0.3) is 5.91 Å². The number of fused-ring (bicyclic) bond motifs is 1. The Balaban J connectivity index is 1.48. The molecule has 1 atom stereocenters. The Morgan fingerprint density at radius 2 is 2.18 bits per heavy atom. The van der Waals surface area contributed by atoms with Crippen LogP contribution in [-0.2, 0) is 16.1 Å². The number of piperidine rings is 1. The molecule has 1 aliphatic carbocycles. The highest BCUT2D eigenvalue weighted by Crippen LogP contribution is 2.36. The average Bonchev–Trinajstić information content (AvgIpc) is 3.37. The summed E-state index contributed by atoms with van der Waals surface area (Å²) in [6.07, 6.45) is 11.6. The Labute approximate surface area is 168 Å². The zero-order valence-electron chi connectivity index (χ0n) is 16.1. The first kappa shape index (κ1) is 18.9. The molecule has 148 valence electrons. The molecule has 28 heavy (non-hydrogen) atoms. The number of carbonyl (C=O) groups is 2. The van der Waals surface area contributed by atoms with Crippen molar-refractivity contribution >= 4 is 23.2 Å². The summed E-state index contributed by atoms with van der Waals surface area (Å²) in [6, 6.07) is 1.94. The van der Waals surface area contributed by atoms with Gasteiger partial charge in [0.2, 0.25) is 0 Å². The first-order valence-corrected chi connectivity index (χ1v) is 10.8. The zero-order valence-corrected chi connectivity index (χ0v) is 16.9. The van der Waals surface area contributed by atoms with Crippen molar-refractivity contribution in [3.05, 3.63) is 41.2 Å². The van der Waals surface area contributed by atoms with E-state index in [2.05, 4.69) is 11.2 Å². The standard InChI is InChI=1S/C21H25N3O3S/c1-2-27-20(25)13-23-12-17(11-22-23)19-10-16(14-28-19)21(26)24-9-5-7-15-6-3-4-8-18(15)24/h8,10-12,14-15H,2-7,9,13H2,1H3. The van der Waals surface area contributed by atoms with Crippen molar-refractivity contribution < 1.29 is 14.3 Å². The highest BCUT2D eigenvalue weighted by molar-refractivity contribution is 7.13. The molecular formula is C21H25N3O3S. The molecule has 1 saturated heterocycles. The number of aromatic nitrogens is 2. The summed E-state index contributed by atoms with van der Waals surface area (Å²) >= 11 is 1.53. The molecule has 2 aliphatic rings. The van der Waals surface area contributed by atoms with E-state index in [4.69, 9.17) is 4.74 Å². The van der Waals surface area contributed by atoms with Crippen molar-refractivity contribution in [3.8, 4) is 10.4 Å². The average molecular weight is 400 g/mol. The van der Waals surface area contributed by atoms with Crippen LogP contribution < -0.4 is 0 Å². The quantitative estimate of drug-likeness (QED) is 0.710. The summed E-state index contributed by atoms with van der Waals surface area (Å²) in [6.45, 7) is 3.04. The molecule has 0 saturated carbocycles. The molecule has 1 unspecified atom stereocenters. The zero-order chi connectivity index (χ0) is 19.5. The van der Waals surface area contributed by atoms with Crippen LogP contribution in [0.15, 0.2) is 35.6 Å². The highest BCUT2D eigenvalue weighted by Gasteiger charge is 2.31. The number of ether oxygens (including phenoxy) is 1. The van der Waals surface area contributed by atoms with Gasteiger partial charge in [-0.1, -0.05) is 6.08 Å². The Kier molecular flexibility index (Phi) is 5.62. The summed E-state index contributed by atoms with van der Waals surface area (Å²) in [5, 5.41) is 6.15. The molecule has 2 aromatic heterocycles. The van der Waals surface area contributed by atoms with Crippen molar-refractivity contribution in [2.45, 2.75) is 45.6 Å². The maximum atomic E-state index is 13.1. The number of hydrogen-bond donors (Lipinski definition) is 0. The third-order valence-corrected chi connectivity index (χ3v) is 6.36. The van der Waals surface area contributed by atoms with Crippen LogP contribution >= 0.6 is 11.3 Å². The van der Waals surface area contributed by atoms with Gasteiger partial charge in [0.05, 0.1) is 18.4 Å². The van der Waals surface area contributed by atoms with E-state index in [0.717, 1.165) is 35.4 Å².